The van der Waals surface area contributed by atoms with Gasteiger partial charge in [0.05, 0.1) is 33.6 Å². The van der Waals surface area contributed by atoms with Crippen LogP contribution in [-0.4, -0.2) is 74.1 Å². The number of nitrogens with zero attached hydrogens (tertiary/aromatic N) is 5. The lowest BCUT2D eigenvalue weighted by Gasteiger charge is -2.45. The monoisotopic (exact) mass is 653 g/mol. The van der Waals surface area contributed by atoms with Gasteiger partial charge in [-0.2, -0.15) is 5.10 Å². The van der Waals surface area contributed by atoms with Gasteiger partial charge in [0, 0.05) is 37.4 Å². The highest BCUT2D eigenvalue weighted by Crippen LogP contribution is 2.38. The van der Waals surface area contributed by atoms with E-state index in [2.05, 4.69) is 25.6 Å². The number of aromatic nitrogens is 3. The van der Waals surface area contributed by atoms with E-state index in [1.54, 1.807) is 51.0 Å². The van der Waals surface area contributed by atoms with Gasteiger partial charge in [0.1, 0.15) is 16.7 Å². The molecule has 1 saturated heterocycles. The molecule has 3 amide bonds. The maximum Gasteiger partial charge on any atom is 0.413 e. The molecule has 246 valence electrons. The van der Waals surface area contributed by atoms with E-state index in [0.29, 0.717) is 28.7 Å². The summed E-state index contributed by atoms with van der Waals surface area (Å²) in [6.45, 7) is 15.7. The lowest BCUT2D eigenvalue weighted by atomic mass is 10.1. The average Bonchev–Trinajstić information content (AvgIpc) is 3.48. The molecule has 1 aliphatic rings. The van der Waals surface area contributed by atoms with E-state index in [-0.39, 0.29) is 40.1 Å². The maximum absolute atomic E-state index is 14.8. The van der Waals surface area contributed by atoms with Crippen LogP contribution in [0.3, 0.4) is 0 Å². The highest BCUT2D eigenvalue weighted by atomic mass is 32.1. The molecule has 14 heteroatoms. The molecule has 46 heavy (non-hydrogen) atoms. The molecule has 0 aliphatic carbocycles. The van der Waals surface area contributed by atoms with Crippen LogP contribution in [0.1, 0.15) is 65.7 Å². The average molecular weight is 654 g/mol. The molecule has 0 unspecified atom stereocenters. The summed E-state index contributed by atoms with van der Waals surface area (Å²) in [5.74, 6) is -1.05. The second-order valence-electron chi connectivity index (χ2n) is 13.6. The molecule has 2 aromatic carbocycles. The van der Waals surface area contributed by atoms with Crippen molar-refractivity contribution in [2.45, 2.75) is 78.7 Å². The Labute approximate surface area is 270 Å². The minimum Gasteiger partial charge on any atom is -0.444 e. The molecule has 5 rings (SSSR count). The van der Waals surface area contributed by atoms with Gasteiger partial charge in [0.2, 0.25) is 0 Å². The first-order valence-electron chi connectivity index (χ1n) is 15.0. The van der Waals surface area contributed by atoms with Gasteiger partial charge in [-0.3, -0.25) is 19.7 Å². The Kier molecular flexibility index (Phi) is 8.62. The second kappa shape index (κ2) is 12.0. The molecule has 0 bridgehead atoms. The molecule has 1 fully saturated rings. The van der Waals surface area contributed by atoms with Gasteiger partial charge in [-0.1, -0.05) is 11.3 Å². The van der Waals surface area contributed by atoms with Crippen LogP contribution in [0.5, 0.6) is 0 Å². The molecule has 0 saturated carbocycles. The number of aryl methyl sites for hydroxylation is 1. The number of halogens is 1. The molecular formula is C32H40FN7O5S. The summed E-state index contributed by atoms with van der Waals surface area (Å²) in [5, 5.41) is 10.4. The van der Waals surface area contributed by atoms with Gasteiger partial charge in [-0.25, -0.2) is 19.0 Å². The lowest BCUT2D eigenvalue weighted by molar-refractivity contribution is 0.00564. The number of thiazole rings is 1. The summed E-state index contributed by atoms with van der Waals surface area (Å²) < 4.78 is 28.0. The van der Waals surface area contributed by atoms with Crippen LogP contribution in [-0.2, 0) is 16.5 Å². The summed E-state index contributed by atoms with van der Waals surface area (Å²) in [4.78, 5) is 47.8. The largest absolute Gasteiger partial charge is 0.444 e. The van der Waals surface area contributed by atoms with Crippen LogP contribution in [0, 0.1) is 5.82 Å². The lowest BCUT2D eigenvalue weighted by Crippen LogP contribution is -2.59. The number of rotatable bonds is 4. The number of benzene rings is 2. The van der Waals surface area contributed by atoms with E-state index in [4.69, 9.17) is 9.47 Å². The molecule has 0 spiro atoms. The predicted octanol–water partition coefficient (Wildman–Crippen LogP) is 6.76. The third-order valence-electron chi connectivity index (χ3n) is 7.17. The van der Waals surface area contributed by atoms with E-state index in [1.807, 2.05) is 40.7 Å². The van der Waals surface area contributed by atoms with Crippen LogP contribution in [0.2, 0.25) is 0 Å². The van der Waals surface area contributed by atoms with Crippen molar-refractivity contribution in [3.63, 3.8) is 0 Å². The number of hydrogen-bond donors (Lipinski definition) is 2. The molecule has 3 heterocycles. The Bertz CT molecular complexity index is 1810. The molecular weight excluding hydrogens is 613 g/mol. The van der Waals surface area contributed by atoms with Gasteiger partial charge in [-0.15, -0.1) is 0 Å². The van der Waals surface area contributed by atoms with Crippen LogP contribution < -0.4 is 15.5 Å². The zero-order chi connectivity index (χ0) is 33.7. The molecule has 4 aromatic rings. The highest BCUT2D eigenvalue weighted by Gasteiger charge is 2.36. The zero-order valence-corrected chi connectivity index (χ0v) is 28.3. The van der Waals surface area contributed by atoms with Crippen molar-refractivity contribution in [3.8, 4) is 0 Å². The van der Waals surface area contributed by atoms with E-state index >= 15 is 0 Å². The van der Waals surface area contributed by atoms with Crippen LogP contribution in [0.15, 0.2) is 30.5 Å². The molecule has 2 atom stereocenters. The number of nitrogens with one attached hydrogen (secondary N) is 2. The summed E-state index contributed by atoms with van der Waals surface area (Å²) >= 11 is 1.21. The van der Waals surface area contributed by atoms with Crippen molar-refractivity contribution in [1.82, 2.24) is 19.7 Å². The van der Waals surface area contributed by atoms with Crippen molar-refractivity contribution >= 4 is 67.1 Å². The number of carbonyl (C=O) groups is 3. The standard InChI is InChI=1S/C32H40FN7O5S/c1-17-14-39(15-18(2)40(17)30(43)45-32(6,7)8)23-11-10-21(25-26(23)46-28(35-25)36-29(42)44-31(3,4)5)27(41)34-20-12-19-16-38(9)37-24(19)22(33)13-20/h10-13,16-18H,14-15H2,1-9H3,(H,34,41)(H,35,36,42)/t17-,18-/m0/s1. The van der Waals surface area contributed by atoms with Crippen molar-refractivity contribution in [3.05, 3.63) is 41.8 Å². The number of ether oxygens (including phenoxy) is 2. The maximum atomic E-state index is 14.8. The van der Waals surface area contributed by atoms with Crippen LogP contribution in [0.25, 0.3) is 21.1 Å². The van der Waals surface area contributed by atoms with E-state index in [1.165, 1.54) is 22.1 Å². The smallest absolute Gasteiger partial charge is 0.413 e. The van der Waals surface area contributed by atoms with Crippen molar-refractivity contribution in [1.29, 1.82) is 0 Å². The molecule has 2 aromatic heterocycles. The van der Waals surface area contributed by atoms with Crippen molar-refractivity contribution < 1.29 is 28.2 Å². The Hall–Kier alpha value is -4.46. The zero-order valence-electron chi connectivity index (χ0n) is 27.5. The fourth-order valence-corrected chi connectivity index (χ4v) is 6.57. The molecule has 2 N–H and O–H groups in total. The van der Waals surface area contributed by atoms with Crippen LogP contribution >= 0.6 is 11.3 Å². The number of hydrogen-bond acceptors (Lipinski definition) is 9. The third kappa shape index (κ3) is 7.16. The topological polar surface area (TPSA) is 131 Å². The fourth-order valence-electron chi connectivity index (χ4n) is 5.55. The van der Waals surface area contributed by atoms with Gasteiger partial charge in [-0.05, 0) is 79.7 Å². The summed E-state index contributed by atoms with van der Waals surface area (Å²) in [6.07, 6.45) is 0.625. The first-order valence-corrected chi connectivity index (χ1v) is 15.8. The van der Waals surface area contributed by atoms with Gasteiger partial charge >= 0.3 is 12.2 Å². The number of fused-ring (bicyclic) bond motifs is 2. The SMILES string of the molecule is C[C@H]1CN(c2ccc(C(=O)Nc3cc(F)c4nn(C)cc4c3)c3nc(NC(=O)OC(C)(C)C)sc23)C[C@H](C)N1C(=O)OC(C)(C)C. The quantitative estimate of drug-likeness (QED) is 0.247. The number of piperazine rings is 1. The summed E-state index contributed by atoms with van der Waals surface area (Å²) in [7, 11) is 1.69. The number of carbonyl (C=O) groups excluding carboxylic acids is 3. The normalized spacial score (nSPS) is 17.3. The van der Waals surface area contributed by atoms with Crippen LogP contribution in [0.4, 0.5) is 30.5 Å². The van der Waals surface area contributed by atoms with E-state index in [9.17, 15) is 18.8 Å². The summed E-state index contributed by atoms with van der Waals surface area (Å²) in [5.41, 5.74) is 0.541. The van der Waals surface area contributed by atoms with Crippen molar-refractivity contribution in [2.75, 3.05) is 28.6 Å². The Balaban J connectivity index is 1.49. The van der Waals surface area contributed by atoms with Gasteiger partial charge in [0.15, 0.2) is 10.9 Å². The third-order valence-corrected chi connectivity index (χ3v) is 8.17. The number of amides is 3. The van der Waals surface area contributed by atoms with E-state index < -0.39 is 29.0 Å². The first kappa shape index (κ1) is 32.9. The molecule has 0 radical (unpaired) electrons. The highest BCUT2D eigenvalue weighted by molar-refractivity contribution is 7.23. The minimum atomic E-state index is -0.721. The second-order valence-corrected chi connectivity index (χ2v) is 14.6. The molecule has 1 aliphatic heterocycles. The van der Waals surface area contributed by atoms with Gasteiger partial charge in [0.25, 0.3) is 5.91 Å². The molecule has 12 nitrogen and oxygen atoms in total. The Morgan fingerprint density at radius 3 is 2.24 bits per heavy atom. The summed E-state index contributed by atoms with van der Waals surface area (Å²) in [6, 6.07) is 6.02. The van der Waals surface area contributed by atoms with Gasteiger partial charge < -0.3 is 19.7 Å². The predicted molar refractivity (Wildman–Crippen MR) is 177 cm³/mol. The van der Waals surface area contributed by atoms with Crippen molar-refractivity contribution in [2.24, 2.45) is 7.05 Å². The fraction of sp³-hybridized carbons (Fsp3) is 0.469. The number of anilines is 3. The minimum absolute atomic E-state index is 0.179. The van der Waals surface area contributed by atoms with E-state index in [0.717, 1.165) is 5.69 Å². The Morgan fingerprint density at radius 2 is 1.61 bits per heavy atom. The Morgan fingerprint density at radius 1 is 0.957 bits per heavy atom. The first-order chi connectivity index (χ1) is 21.4.